The molecular formula is C25H28N4O4. The zero-order chi connectivity index (χ0) is 23.2. The molecule has 3 atom stereocenters. The van der Waals surface area contributed by atoms with Crippen molar-refractivity contribution < 1.29 is 19.5 Å². The fourth-order valence-electron chi connectivity index (χ4n) is 4.23. The Morgan fingerprint density at radius 2 is 1.73 bits per heavy atom. The average molecular weight is 449 g/mol. The van der Waals surface area contributed by atoms with Gasteiger partial charge in [-0.05, 0) is 36.6 Å². The molecule has 2 heterocycles. The maximum atomic E-state index is 13.2. The minimum Gasteiger partial charge on any atom is -0.480 e. The molecule has 0 bridgehead atoms. The fraction of sp³-hybridized carbons (Fsp3) is 0.320. The lowest BCUT2D eigenvalue weighted by Gasteiger charge is -2.23. The zero-order valence-electron chi connectivity index (χ0n) is 18.2. The van der Waals surface area contributed by atoms with Gasteiger partial charge in [-0.25, -0.2) is 4.79 Å². The van der Waals surface area contributed by atoms with Crippen molar-refractivity contribution >= 4 is 28.7 Å². The SMILES string of the molecule is O=C(N[C@@H](Cc1ccccc1)C(=O)N[C@H](Cc1c[nH]c2ccccc12)C(=O)O)[C@@H]1CCCN1. The Hall–Kier alpha value is -3.65. The van der Waals surface area contributed by atoms with Crippen LogP contribution in [0.25, 0.3) is 10.9 Å². The van der Waals surface area contributed by atoms with Crippen LogP contribution in [0.2, 0.25) is 0 Å². The van der Waals surface area contributed by atoms with Crippen molar-refractivity contribution in [3.63, 3.8) is 0 Å². The summed E-state index contributed by atoms with van der Waals surface area (Å²) in [7, 11) is 0. The summed E-state index contributed by atoms with van der Waals surface area (Å²) in [6.45, 7) is 0.763. The van der Waals surface area contributed by atoms with Gasteiger partial charge in [0.25, 0.3) is 0 Å². The third-order valence-corrected chi connectivity index (χ3v) is 6.01. The van der Waals surface area contributed by atoms with E-state index < -0.39 is 24.0 Å². The van der Waals surface area contributed by atoms with Gasteiger partial charge in [-0.15, -0.1) is 0 Å². The van der Waals surface area contributed by atoms with Gasteiger partial charge in [0.2, 0.25) is 11.8 Å². The predicted molar refractivity (Wildman–Crippen MR) is 125 cm³/mol. The number of fused-ring (bicyclic) bond motifs is 1. The zero-order valence-corrected chi connectivity index (χ0v) is 18.2. The normalized spacial score (nSPS) is 17.4. The Labute approximate surface area is 191 Å². The highest BCUT2D eigenvalue weighted by Crippen LogP contribution is 2.19. The van der Waals surface area contributed by atoms with Crippen molar-refractivity contribution in [3.05, 3.63) is 71.9 Å². The molecule has 1 saturated heterocycles. The predicted octanol–water partition coefficient (Wildman–Crippen LogP) is 1.76. The molecule has 0 spiro atoms. The molecule has 1 fully saturated rings. The first-order valence-electron chi connectivity index (χ1n) is 11.2. The van der Waals surface area contributed by atoms with Crippen LogP contribution < -0.4 is 16.0 Å². The number of hydrogen-bond donors (Lipinski definition) is 5. The molecule has 172 valence electrons. The summed E-state index contributed by atoms with van der Waals surface area (Å²) in [5.74, 6) is -1.89. The van der Waals surface area contributed by atoms with Crippen molar-refractivity contribution in [2.45, 2.75) is 43.8 Å². The van der Waals surface area contributed by atoms with Gasteiger partial charge in [-0.2, -0.15) is 0 Å². The summed E-state index contributed by atoms with van der Waals surface area (Å²) in [5.41, 5.74) is 2.58. The standard InChI is InChI=1S/C25H28N4O4/c30-23(20-11-6-12-26-20)28-21(13-16-7-2-1-3-8-16)24(31)29-22(25(32)33)14-17-15-27-19-10-5-4-9-18(17)19/h1-5,7-10,15,20-22,26-27H,6,11-14H2,(H,28,30)(H,29,31)(H,32,33)/t20-,21-,22+/m0/s1. The smallest absolute Gasteiger partial charge is 0.326 e. The van der Waals surface area contributed by atoms with Crippen LogP contribution in [0.1, 0.15) is 24.0 Å². The molecule has 8 nitrogen and oxygen atoms in total. The Balaban J connectivity index is 1.50. The highest BCUT2D eigenvalue weighted by Gasteiger charge is 2.30. The van der Waals surface area contributed by atoms with E-state index in [1.807, 2.05) is 54.6 Å². The second-order valence-corrected chi connectivity index (χ2v) is 8.36. The van der Waals surface area contributed by atoms with E-state index in [0.717, 1.165) is 35.0 Å². The Kier molecular flexibility index (Phi) is 7.04. The monoisotopic (exact) mass is 448 g/mol. The lowest BCUT2D eigenvalue weighted by molar-refractivity contribution is -0.142. The topological polar surface area (TPSA) is 123 Å². The quantitative estimate of drug-likeness (QED) is 0.341. The second kappa shape index (κ2) is 10.3. The number of aromatic nitrogens is 1. The molecular weight excluding hydrogens is 420 g/mol. The molecule has 1 aliphatic heterocycles. The van der Waals surface area contributed by atoms with E-state index in [1.54, 1.807) is 6.20 Å². The summed E-state index contributed by atoms with van der Waals surface area (Å²) < 4.78 is 0. The maximum absolute atomic E-state index is 13.2. The molecule has 2 aromatic carbocycles. The van der Waals surface area contributed by atoms with Crippen LogP contribution in [0.15, 0.2) is 60.8 Å². The summed E-state index contributed by atoms with van der Waals surface area (Å²) in [5, 5.41) is 19.3. The summed E-state index contributed by atoms with van der Waals surface area (Å²) in [4.78, 5) is 41.0. The molecule has 0 aliphatic carbocycles. The molecule has 8 heteroatoms. The number of H-pyrrole nitrogens is 1. The lowest BCUT2D eigenvalue weighted by Crippen LogP contribution is -2.55. The van der Waals surface area contributed by atoms with Gasteiger partial charge in [-0.3, -0.25) is 9.59 Å². The number of carbonyl (C=O) groups is 3. The first kappa shape index (κ1) is 22.5. The van der Waals surface area contributed by atoms with E-state index in [1.165, 1.54) is 0 Å². The number of aliphatic carboxylic acids is 1. The molecule has 33 heavy (non-hydrogen) atoms. The maximum Gasteiger partial charge on any atom is 0.326 e. The fourth-order valence-corrected chi connectivity index (χ4v) is 4.23. The highest BCUT2D eigenvalue weighted by atomic mass is 16.4. The number of carbonyl (C=O) groups excluding carboxylic acids is 2. The van der Waals surface area contributed by atoms with Crippen LogP contribution >= 0.6 is 0 Å². The van der Waals surface area contributed by atoms with Crippen LogP contribution in [-0.2, 0) is 27.2 Å². The van der Waals surface area contributed by atoms with Gasteiger partial charge in [0.15, 0.2) is 0 Å². The van der Waals surface area contributed by atoms with Crippen molar-refractivity contribution in [1.29, 1.82) is 0 Å². The number of rotatable bonds is 9. The number of carboxylic acid groups (broad SMARTS) is 1. The van der Waals surface area contributed by atoms with Crippen molar-refractivity contribution in [2.75, 3.05) is 6.54 Å². The molecule has 1 aromatic heterocycles. The van der Waals surface area contributed by atoms with E-state index in [9.17, 15) is 19.5 Å². The molecule has 3 aromatic rings. The number of carboxylic acids is 1. The first-order valence-corrected chi connectivity index (χ1v) is 11.2. The van der Waals surface area contributed by atoms with Gasteiger partial charge in [0, 0.05) is 29.9 Å². The van der Waals surface area contributed by atoms with E-state index in [4.69, 9.17) is 0 Å². The number of benzene rings is 2. The number of aromatic amines is 1. The van der Waals surface area contributed by atoms with E-state index in [-0.39, 0.29) is 24.8 Å². The minimum absolute atomic E-state index is 0.126. The molecule has 4 rings (SSSR count). The summed E-state index contributed by atoms with van der Waals surface area (Å²) in [6, 6.07) is 14.6. The molecule has 1 aliphatic rings. The van der Waals surface area contributed by atoms with Gasteiger partial charge in [0.05, 0.1) is 6.04 Å². The number of amides is 2. The molecule has 0 unspecified atom stereocenters. The first-order chi connectivity index (χ1) is 16.0. The van der Waals surface area contributed by atoms with E-state index in [2.05, 4.69) is 20.9 Å². The van der Waals surface area contributed by atoms with Crippen LogP contribution in [-0.4, -0.2) is 52.5 Å². The number of nitrogens with one attached hydrogen (secondary N) is 4. The third-order valence-electron chi connectivity index (χ3n) is 6.01. The molecule has 0 radical (unpaired) electrons. The molecule has 2 amide bonds. The average Bonchev–Trinajstić information content (AvgIpc) is 3.49. The van der Waals surface area contributed by atoms with E-state index >= 15 is 0 Å². The number of para-hydroxylation sites is 1. The van der Waals surface area contributed by atoms with Gasteiger partial charge >= 0.3 is 5.97 Å². The van der Waals surface area contributed by atoms with E-state index in [0.29, 0.717) is 6.42 Å². The Morgan fingerprint density at radius 3 is 2.45 bits per heavy atom. The Bertz CT molecular complexity index is 1120. The third kappa shape index (κ3) is 5.59. The second-order valence-electron chi connectivity index (χ2n) is 8.36. The van der Waals surface area contributed by atoms with Crippen LogP contribution in [0.3, 0.4) is 0 Å². The highest BCUT2D eigenvalue weighted by molar-refractivity contribution is 5.92. The lowest BCUT2D eigenvalue weighted by atomic mass is 10.0. The molecule has 0 saturated carbocycles. The van der Waals surface area contributed by atoms with Crippen molar-refractivity contribution in [2.24, 2.45) is 0 Å². The van der Waals surface area contributed by atoms with Crippen molar-refractivity contribution in [1.82, 2.24) is 20.9 Å². The Morgan fingerprint density at radius 1 is 0.970 bits per heavy atom. The molecule has 5 N–H and O–H groups in total. The largest absolute Gasteiger partial charge is 0.480 e. The van der Waals surface area contributed by atoms with Crippen LogP contribution in [0.4, 0.5) is 0 Å². The van der Waals surface area contributed by atoms with Gasteiger partial charge in [-0.1, -0.05) is 48.5 Å². The minimum atomic E-state index is -1.13. The van der Waals surface area contributed by atoms with Gasteiger partial charge < -0.3 is 26.0 Å². The summed E-state index contributed by atoms with van der Waals surface area (Å²) >= 11 is 0. The van der Waals surface area contributed by atoms with Crippen molar-refractivity contribution in [3.8, 4) is 0 Å². The van der Waals surface area contributed by atoms with Crippen LogP contribution in [0.5, 0.6) is 0 Å². The number of hydrogen-bond acceptors (Lipinski definition) is 4. The van der Waals surface area contributed by atoms with Crippen LogP contribution in [0, 0.1) is 0 Å². The summed E-state index contributed by atoms with van der Waals surface area (Å²) in [6.07, 6.45) is 3.77. The van der Waals surface area contributed by atoms with Gasteiger partial charge in [0.1, 0.15) is 12.1 Å².